The van der Waals surface area contributed by atoms with Gasteiger partial charge in [0.1, 0.15) is 0 Å². The van der Waals surface area contributed by atoms with Crippen molar-refractivity contribution in [2.45, 2.75) is 174 Å². The molecule has 0 bridgehead atoms. The van der Waals surface area contributed by atoms with Gasteiger partial charge in [-0.2, -0.15) is 0 Å². The summed E-state index contributed by atoms with van der Waals surface area (Å²) >= 11 is 0. The van der Waals surface area contributed by atoms with Crippen LogP contribution >= 0.6 is 0 Å². The molecule has 0 fully saturated rings. The molecule has 0 rings (SSSR count). The second kappa shape index (κ2) is 64.5. The van der Waals surface area contributed by atoms with Gasteiger partial charge in [-0.15, -0.1) is 0 Å². The minimum absolute atomic E-state index is 0.518. The molecule has 0 saturated carbocycles. The van der Waals surface area contributed by atoms with Crippen LogP contribution in [0.4, 0.5) is 0 Å². The molecule has 0 atom stereocenters. The van der Waals surface area contributed by atoms with Crippen molar-refractivity contribution in [3.05, 3.63) is 0 Å². The van der Waals surface area contributed by atoms with Gasteiger partial charge >= 0.3 is 0 Å². The predicted octanol–water partition coefficient (Wildman–Crippen LogP) is 11.0. The minimum atomic E-state index is 0.518. The summed E-state index contributed by atoms with van der Waals surface area (Å²) in [6.07, 6.45) is 34.1. The van der Waals surface area contributed by atoms with Crippen LogP contribution in [-0.2, 0) is 61.6 Å². The smallest absolute Gasteiger partial charge is 0.0701 e. The Labute approximate surface area is 406 Å². The normalized spacial score (nSPS) is 11.7. The van der Waals surface area contributed by atoms with E-state index in [1.807, 2.05) is 0 Å². The lowest BCUT2D eigenvalue weighted by atomic mass is 10.0. The number of rotatable bonds is 63. The molecule has 13 heteroatoms. The Bertz CT molecular complexity index is 751. The van der Waals surface area contributed by atoms with Crippen LogP contribution in [0.25, 0.3) is 0 Å². The van der Waals surface area contributed by atoms with Crippen molar-refractivity contribution in [1.82, 2.24) is 0 Å². The second-order valence-corrected chi connectivity index (χ2v) is 17.1. The van der Waals surface area contributed by atoms with Gasteiger partial charge in [-0.25, -0.2) is 0 Å². The Morgan fingerprint density at radius 1 is 0.121 bits per heavy atom. The van der Waals surface area contributed by atoms with Gasteiger partial charge < -0.3 is 61.6 Å². The molecule has 0 spiro atoms. The number of unbranched alkanes of at least 4 members (excludes halogenated alkanes) is 23. The molecule has 13 nitrogen and oxygen atoms in total. The van der Waals surface area contributed by atoms with Crippen molar-refractivity contribution in [3.63, 3.8) is 0 Å². The third-order valence-electron chi connectivity index (χ3n) is 11.0. The van der Waals surface area contributed by atoms with Crippen molar-refractivity contribution < 1.29 is 61.6 Å². The van der Waals surface area contributed by atoms with E-state index in [-0.39, 0.29) is 0 Å². The largest absolute Gasteiger partial charge is 0.379 e. The first-order chi connectivity index (χ1) is 32.9. The maximum atomic E-state index is 5.70. The summed E-state index contributed by atoms with van der Waals surface area (Å²) in [7, 11) is 0. The predicted molar refractivity (Wildman–Crippen MR) is 267 cm³/mol. The van der Waals surface area contributed by atoms with Crippen molar-refractivity contribution in [2.24, 2.45) is 0 Å². The third kappa shape index (κ3) is 63.5. The molecule has 398 valence electrons. The van der Waals surface area contributed by atoms with Crippen molar-refractivity contribution >= 4 is 0 Å². The average molecular weight is 953 g/mol. The van der Waals surface area contributed by atoms with E-state index in [2.05, 4.69) is 13.8 Å². The highest BCUT2D eigenvalue weighted by Crippen LogP contribution is 2.13. The van der Waals surface area contributed by atoms with Gasteiger partial charge in [0.25, 0.3) is 0 Å². The summed E-state index contributed by atoms with van der Waals surface area (Å²) in [5.74, 6) is 0. The van der Waals surface area contributed by atoms with Gasteiger partial charge in [-0.05, 0) is 12.8 Å². The highest BCUT2D eigenvalue weighted by molar-refractivity contribution is 4.51. The molecule has 0 unspecified atom stereocenters. The maximum absolute atomic E-state index is 5.70. The van der Waals surface area contributed by atoms with Crippen LogP contribution in [0.2, 0.25) is 0 Å². The van der Waals surface area contributed by atoms with Crippen LogP contribution in [0.5, 0.6) is 0 Å². The molecule has 0 saturated heterocycles. The zero-order valence-corrected chi connectivity index (χ0v) is 43.4. The van der Waals surface area contributed by atoms with E-state index in [1.54, 1.807) is 0 Å². The summed E-state index contributed by atoms with van der Waals surface area (Å²) in [6.45, 7) is 19.4. The zero-order valence-electron chi connectivity index (χ0n) is 43.4. The Balaban J connectivity index is 3.06. The molecule has 0 aliphatic carbocycles. The van der Waals surface area contributed by atoms with Crippen LogP contribution in [-0.4, -0.2) is 172 Å². The number of hydrogen-bond acceptors (Lipinski definition) is 13. The summed E-state index contributed by atoms with van der Waals surface area (Å²) in [6, 6.07) is 0. The summed E-state index contributed by atoms with van der Waals surface area (Å²) in [4.78, 5) is 0. The van der Waals surface area contributed by atoms with Crippen molar-refractivity contribution in [1.29, 1.82) is 0 Å². The molecule has 0 heterocycles. The lowest BCUT2D eigenvalue weighted by molar-refractivity contribution is -0.0290. The fraction of sp³-hybridized carbons (Fsp3) is 1.00. The van der Waals surface area contributed by atoms with Crippen LogP contribution < -0.4 is 0 Å². The molecule has 0 amide bonds. The summed E-state index contributed by atoms with van der Waals surface area (Å²) in [5.41, 5.74) is 0. The molecular weight excluding hydrogens is 845 g/mol. The molecule has 0 aliphatic rings. The quantitative estimate of drug-likeness (QED) is 0.0539. The maximum Gasteiger partial charge on any atom is 0.0701 e. The van der Waals surface area contributed by atoms with Gasteiger partial charge in [-0.1, -0.05) is 162 Å². The topological polar surface area (TPSA) is 120 Å². The third-order valence-corrected chi connectivity index (χ3v) is 11.0. The van der Waals surface area contributed by atoms with Crippen molar-refractivity contribution in [2.75, 3.05) is 172 Å². The first kappa shape index (κ1) is 65.5. The Morgan fingerprint density at radius 3 is 0.364 bits per heavy atom. The minimum Gasteiger partial charge on any atom is -0.379 e. The van der Waals surface area contributed by atoms with E-state index in [0.29, 0.717) is 159 Å². The van der Waals surface area contributed by atoms with Crippen LogP contribution in [0.1, 0.15) is 174 Å². The lowest BCUT2D eigenvalue weighted by Gasteiger charge is -2.09. The number of ether oxygens (including phenoxy) is 13. The summed E-state index contributed by atoms with van der Waals surface area (Å²) in [5, 5.41) is 0. The Morgan fingerprint density at radius 2 is 0.227 bits per heavy atom. The monoisotopic (exact) mass is 953 g/mol. The summed E-state index contributed by atoms with van der Waals surface area (Å²) < 4.78 is 72.4. The van der Waals surface area contributed by atoms with Gasteiger partial charge in [-0.3, -0.25) is 0 Å². The van der Waals surface area contributed by atoms with E-state index in [0.717, 1.165) is 26.1 Å². The SMILES string of the molecule is CCCCCCCCCCCCCCCCOCCOCCOCCOCCOCCOCCOCCOCCOCCOCCOCCOCCOCCCCCCCCCCCCC. The van der Waals surface area contributed by atoms with E-state index in [9.17, 15) is 0 Å². The van der Waals surface area contributed by atoms with Gasteiger partial charge in [0.15, 0.2) is 0 Å². The van der Waals surface area contributed by atoms with Gasteiger partial charge in [0.2, 0.25) is 0 Å². The molecule has 0 aliphatic heterocycles. The van der Waals surface area contributed by atoms with Crippen LogP contribution in [0.3, 0.4) is 0 Å². The van der Waals surface area contributed by atoms with Crippen LogP contribution in [0, 0.1) is 0 Å². The first-order valence-electron chi connectivity index (χ1n) is 27.4. The highest BCUT2D eigenvalue weighted by atomic mass is 16.6. The van der Waals surface area contributed by atoms with Gasteiger partial charge in [0, 0.05) is 13.2 Å². The van der Waals surface area contributed by atoms with Crippen molar-refractivity contribution in [3.8, 4) is 0 Å². The molecule has 0 aromatic rings. The molecule has 0 aromatic heterocycles. The standard InChI is InChI=1S/C53H108O13/c1-3-5-7-9-11-13-15-16-17-19-21-23-25-27-29-55-31-33-57-35-37-59-39-41-61-43-45-63-47-49-65-51-53-66-52-50-64-48-46-62-44-42-60-40-38-58-36-34-56-32-30-54-28-26-24-22-20-18-14-12-10-8-6-4-2/h3-53H2,1-2H3. The Kier molecular flexibility index (Phi) is 64.0. The molecule has 0 aromatic carbocycles. The first-order valence-corrected chi connectivity index (χ1v) is 27.4. The van der Waals surface area contributed by atoms with E-state index in [4.69, 9.17) is 61.6 Å². The van der Waals surface area contributed by atoms with E-state index < -0.39 is 0 Å². The molecule has 0 N–H and O–H groups in total. The van der Waals surface area contributed by atoms with E-state index in [1.165, 1.54) is 148 Å². The average Bonchev–Trinajstić information content (AvgIpc) is 3.33. The number of hydrogen-bond donors (Lipinski definition) is 0. The molecule has 66 heavy (non-hydrogen) atoms. The fourth-order valence-electron chi connectivity index (χ4n) is 7.01. The van der Waals surface area contributed by atoms with Crippen LogP contribution in [0.15, 0.2) is 0 Å². The van der Waals surface area contributed by atoms with Gasteiger partial charge in [0.05, 0.1) is 159 Å². The molecule has 0 radical (unpaired) electrons. The molecular formula is C53H108O13. The Hall–Kier alpha value is -0.520. The zero-order chi connectivity index (χ0) is 47.3. The lowest BCUT2D eigenvalue weighted by Crippen LogP contribution is -2.15. The van der Waals surface area contributed by atoms with E-state index >= 15 is 0 Å². The highest BCUT2D eigenvalue weighted by Gasteiger charge is 1.99. The second-order valence-electron chi connectivity index (χ2n) is 17.1. The fourth-order valence-corrected chi connectivity index (χ4v) is 7.01.